The maximum atomic E-state index is 12.2. The van der Waals surface area contributed by atoms with E-state index in [-0.39, 0.29) is 18.6 Å². The minimum atomic E-state index is -0.0866. The Hall–Kier alpha value is -2.01. The molecule has 0 atom stereocenters. The molecule has 1 saturated carbocycles. The van der Waals surface area contributed by atoms with Crippen molar-refractivity contribution in [2.75, 3.05) is 27.4 Å². The van der Waals surface area contributed by atoms with Crippen LogP contribution in [0.25, 0.3) is 6.08 Å². The Balaban J connectivity index is 2.13. The summed E-state index contributed by atoms with van der Waals surface area (Å²) in [5.74, 6) is 1.30. The molecule has 1 aliphatic carbocycles. The quantitative estimate of drug-likeness (QED) is 0.777. The van der Waals surface area contributed by atoms with Crippen molar-refractivity contribution in [1.82, 2.24) is 4.90 Å². The molecule has 114 valence electrons. The maximum Gasteiger partial charge on any atom is 0.246 e. The molecular weight excluding hydrogens is 270 g/mol. The average molecular weight is 291 g/mol. The second-order valence-corrected chi connectivity index (χ2v) is 4.93. The zero-order chi connectivity index (χ0) is 15.2. The lowest BCUT2D eigenvalue weighted by Crippen LogP contribution is -2.34. The Bertz CT molecular complexity index is 523. The highest BCUT2D eigenvalue weighted by Gasteiger charge is 2.30. The highest BCUT2D eigenvalue weighted by atomic mass is 16.5. The summed E-state index contributed by atoms with van der Waals surface area (Å²) in [6.45, 7) is 0.363. The Morgan fingerprint density at radius 1 is 1.38 bits per heavy atom. The van der Waals surface area contributed by atoms with Crippen LogP contribution in [0.1, 0.15) is 18.4 Å². The van der Waals surface area contributed by atoms with Crippen LogP contribution < -0.4 is 9.47 Å². The largest absolute Gasteiger partial charge is 0.497 e. The number of benzene rings is 1. The molecule has 0 unspecified atom stereocenters. The minimum absolute atomic E-state index is 0.0153. The first-order chi connectivity index (χ1) is 10.2. The van der Waals surface area contributed by atoms with Crippen LogP contribution in [-0.2, 0) is 4.79 Å². The third-order valence-corrected chi connectivity index (χ3v) is 3.45. The molecule has 1 aromatic carbocycles. The van der Waals surface area contributed by atoms with E-state index in [1.165, 1.54) is 6.08 Å². The van der Waals surface area contributed by atoms with Gasteiger partial charge in [0.1, 0.15) is 11.5 Å². The van der Waals surface area contributed by atoms with Gasteiger partial charge in [-0.1, -0.05) is 0 Å². The molecule has 2 rings (SSSR count). The summed E-state index contributed by atoms with van der Waals surface area (Å²) in [5.41, 5.74) is 0.782. The lowest BCUT2D eigenvalue weighted by Gasteiger charge is -2.19. The average Bonchev–Trinajstić information content (AvgIpc) is 3.34. The van der Waals surface area contributed by atoms with Crippen LogP contribution in [0.3, 0.4) is 0 Å². The molecule has 5 heteroatoms. The van der Waals surface area contributed by atoms with Gasteiger partial charge >= 0.3 is 0 Å². The summed E-state index contributed by atoms with van der Waals surface area (Å²) in [6, 6.07) is 5.70. The van der Waals surface area contributed by atoms with Crippen LogP contribution in [0, 0.1) is 0 Å². The summed E-state index contributed by atoms with van der Waals surface area (Å²) in [6.07, 6.45) is 5.27. The van der Waals surface area contributed by atoms with Crippen molar-refractivity contribution < 1.29 is 19.4 Å². The molecule has 5 nitrogen and oxygen atoms in total. The van der Waals surface area contributed by atoms with Gasteiger partial charge in [-0.05, 0) is 37.1 Å². The van der Waals surface area contributed by atoms with Crippen molar-refractivity contribution in [2.45, 2.75) is 18.9 Å². The van der Waals surface area contributed by atoms with E-state index in [1.807, 2.05) is 6.07 Å². The Labute approximate surface area is 124 Å². The van der Waals surface area contributed by atoms with Crippen molar-refractivity contribution in [3.8, 4) is 11.5 Å². The second kappa shape index (κ2) is 7.13. The summed E-state index contributed by atoms with van der Waals surface area (Å²) in [7, 11) is 3.18. The minimum Gasteiger partial charge on any atom is -0.497 e. The standard InChI is InChI=1S/C16H21NO4/c1-20-14-6-7-15(21-2)12(11-14)3-8-16(19)17(9-10-18)13-4-5-13/h3,6-8,11,13,18H,4-5,9-10H2,1-2H3/b8-3+. The number of hydrogen-bond donors (Lipinski definition) is 1. The zero-order valence-electron chi connectivity index (χ0n) is 12.4. The molecule has 0 bridgehead atoms. The topological polar surface area (TPSA) is 59.0 Å². The molecule has 0 heterocycles. The molecule has 0 aliphatic heterocycles. The van der Waals surface area contributed by atoms with E-state index >= 15 is 0 Å². The van der Waals surface area contributed by atoms with Crippen LogP contribution in [0.5, 0.6) is 11.5 Å². The van der Waals surface area contributed by atoms with E-state index in [9.17, 15) is 4.79 Å². The zero-order valence-corrected chi connectivity index (χ0v) is 12.4. The number of ether oxygens (including phenoxy) is 2. The van der Waals surface area contributed by atoms with Crippen molar-refractivity contribution in [2.24, 2.45) is 0 Å². The molecule has 21 heavy (non-hydrogen) atoms. The first-order valence-electron chi connectivity index (χ1n) is 7.01. The number of carbonyl (C=O) groups is 1. The van der Waals surface area contributed by atoms with Gasteiger partial charge in [-0.25, -0.2) is 0 Å². The van der Waals surface area contributed by atoms with E-state index < -0.39 is 0 Å². The molecule has 0 spiro atoms. The fourth-order valence-electron chi connectivity index (χ4n) is 2.19. The number of aliphatic hydroxyl groups is 1. The van der Waals surface area contributed by atoms with Gasteiger partial charge in [-0.3, -0.25) is 4.79 Å². The van der Waals surface area contributed by atoms with Gasteiger partial charge < -0.3 is 19.5 Å². The normalized spacial score (nSPS) is 14.2. The molecule has 0 saturated heterocycles. The second-order valence-electron chi connectivity index (χ2n) is 4.93. The van der Waals surface area contributed by atoms with E-state index in [2.05, 4.69) is 0 Å². The van der Waals surface area contributed by atoms with E-state index in [0.29, 0.717) is 18.0 Å². The number of methoxy groups -OCH3 is 2. The molecule has 1 amide bonds. The van der Waals surface area contributed by atoms with Gasteiger partial charge in [0, 0.05) is 24.2 Å². The highest BCUT2D eigenvalue weighted by molar-refractivity contribution is 5.92. The molecule has 1 aliphatic rings. The maximum absolute atomic E-state index is 12.2. The Kier molecular flexibility index (Phi) is 5.22. The molecule has 1 N–H and O–H groups in total. The Morgan fingerprint density at radius 3 is 2.71 bits per heavy atom. The van der Waals surface area contributed by atoms with Crippen LogP contribution >= 0.6 is 0 Å². The summed E-state index contributed by atoms with van der Waals surface area (Å²) < 4.78 is 10.5. The van der Waals surface area contributed by atoms with Crippen molar-refractivity contribution in [1.29, 1.82) is 0 Å². The predicted octanol–water partition coefficient (Wildman–Crippen LogP) is 1.70. The van der Waals surface area contributed by atoms with E-state index in [4.69, 9.17) is 14.6 Å². The fourth-order valence-corrected chi connectivity index (χ4v) is 2.19. The Morgan fingerprint density at radius 2 is 2.14 bits per heavy atom. The smallest absolute Gasteiger partial charge is 0.246 e. The molecular formula is C16H21NO4. The van der Waals surface area contributed by atoms with Gasteiger partial charge in [-0.15, -0.1) is 0 Å². The fraction of sp³-hybridized carbons (Fsp3) is 0.438. The number of rotatable bonds is 7. The summed E-state index contributed by atoms with van der Waals surface area (Å²) in [5, 5.41) is 9.04. The predicted molar refractivity (Wildman–Crippen MR) is 80.4 cm³/mol. The molecule has 1 fully saturated rings. The van der Waals surface area contributed by atoms with Gasteiger partial charge in [0.25, 0.3) is 0 Å². The van der Waals surface area contributed by atoms with Crippen LogP contribution in [0.2, 0.25) is 0 Å². The monoisotopic (exact) mass is 291 g/mol. The first-order valence-corrected chi connectivity index (χ1v) is 7.01. The molecule has 1 aromatic rings. The van der Waals surface area contributed by atoms with Gasteiger partial charge in [-0.2, -0.15) is 0 Å². The number of hydrogen-bond acceptors (Lipinski definition) is 4. The van der Waals surface area contributed by atoms with E-state index in [1.54, 1.807) is 37.3 Å². The summed E-state index contributed by atoms with van der Waals surface area (Å²) in [4.78, 5) is 13.9. The number of nitrogens with zero attached hydrogens (tertiary/aromatic N) is 1. The first kappa shape index (κ1) is 15.4. The number of aliphatic hydroxyl groups excluding tert-OH is 1. The van der Waals surface area contributed by atoms with Crippen molar-refractivity contribution in [3.05, 3.63) is 29.8 Å². The van der Waals surface area contributed by atoms with E-state index in [0.717, 1.165) is 18.4 Å². The van der Waals surface area contributed by atoms with Crippen molar-refractivity contribution in [3.63, 3.8) is 0 Å². The highest BCUT2D eigenvalue weighted by Crippen LogP contribution is 2.28. The number of amides is 1. The molecule has 0 aromatic heterocycles. The van der Waals surface area contributed by atoms with Gasteiger partial charge in [0.05, 0.1) is 20.8 Å². The van der Waals surface area contributed by atoms with Crippen LogP contribution in [-0.4, -0.2) is 49.3 Å². The summed E-state index contributed by atoms with van der Waals surface area (Å²) >= 11 is 0. The van der Waals surface area contributed by atoms with Gasteiger partial charge in [0.2, 0.25) is 5.91 Å². The molecule has 0 radical (unpaired) electrons. The third kappa shape index (κ3) is 3.98. The van der Waals surface area contributed by atoms with Gasteiger partial charge in [0.15, 0.2) is 0 Å². The van der Waals surface area contributed by atoms with Crippen LogP contribution in [0.15, 0.2) is 24.3 Å². The number of carbonyl (C=O) groups excluding carboxylic acids is 1. The van der Waals surface area contributed by atoms with Crippen molar-refractivity contribution >= 4 is 12.0 Å². The third-order valence-electron chi connectivity index (χ3n) is 3.45. The SMILES string of the molecule is COc1ccc(OC)c(/C=C/C(=O)N(CCO)C2CC2)c1. The van der Waals surface area contributed by atoms with Crippen LogP contribution in [0.4, 0.5) is 0 Å². The lowest BCUT2D eigenvalue weighted by atomic mass is 10.1. The lowest BCUT2D eigenvalue weighted by molar-refractivity contribution is -0.127.